The number of pyridine rings is 1. The molecule has 7 heteroatoms. The van der Waals surface area contributed by atoms with Crippen LogP contribution in [0.3, 0.4) is 0 Å². The Morgan fingerprint density at radius 3 is 2.46 bits per heavy atom. The molecular formula is C17H21N5O2. The molecule has 0 aromatic carbocycles. The third kappa shape index (κ3) is 2.27. The van der Waals surface area contributed by atoms with Crippen molar-refractivity contribution in [2.75, 3.05) is 18.5 Å². The van der Waals surface area contributed by atoms with E-state index in [9.17, 15) is 9.59 Å². The minimum atomic E-state index is -0.579. The SMILES string of the molecule is CN1C(=O)CN(c2cc(C3CC3)cc3cc(C(C)(C)N)nn23)C1=O. The summed E-state index contributed by atoms with van der Waals surface area (Å²) in [6.07, 6.45) is 2.32. The van der Waals surface area contributed by atoms with Gasteiger partial charge in [-0.05, 0) is 56.4 Å². The molecule has 24 heavy (non-hydrogen) atoms. The fraction of sp³-hybridized carbons (Fsp3) is 0.471. The minimum absolute atomic E-state index is 0.0414. The number of hydrogen-bond donors (Lipinski definition) is 1. The molecule has 2 aromatic heterocycles. The standard InChI is InChI=1S/C17H21N5O2/c1-17(2,18)13-8-12-6-11(10-4-5-10)7-14(22(12)19-13)21-9-15(23)20(3)16(21)24/h6-8,10H,4-5,9,18H2,1-3H3. The molecular weight excluding hydrogens is 306 g/mol. The van der Waals surface area contributed by atoms with E-state index in [2.05, 4.69) is 11.2 Å². The molecule has 0 unspecified atom stereocenters. The monoisotopic (exact) mass is 327 g/mol. The molecule has 2 fully saturated rings. The third-order valence-corrected chi connectivity index (χ3v) is 4.74. The highest BCUT2D eigenvalue weighted by Gasteiger charge is 2.36. The van der Waals surface area contributed by atoms with E-state index in [-0.39, 0.29) is 18.5 Å². The maximum atomic E-state index is 12.4. The van der Waals surface area contributed by atoms with E-state index >= 15 is 0 Å². The van der Waals surface area contributed by atoms with E-state index in [0.717, 1.165) is 29.0 Å². The summed E-state index contributed by atoms with van der Waals surface area (Å²) in [7, 11) is 1.50. The number of hydrogen-bond acceptors (Lipinski definition) is 4. The van der Waals surface area contributed by atoms with Gasteiger partial charge in [0.15, 0.2) is 0 Å². The number of rotatable bonds is 3. The van der Waals surface area contributed by atoms with Crippen LogP contribution in [0.1, 0.15) is 43.9 Å². The van der Waals surface area contributed by atoms with Gasteiger partial charge in [0.25, 0.3) is 5.91 Å². The molecule has 1 aliphatic carbocycles. The Labute approximate surface area is 140 Å². The highest BCUT2D eigenvalue weighted by atomic mass is 16.2. The highest BCUT2D eigenvalue weighted by molar-refractivity contribution is 6.11. The first-order valence-electron chi connectivity index (χ1n) is 8.17. The van der Waals surface area contributed by atoms with Crippen LogP contribution in [0.25, 0.3) is 5.52 Å². The van der Waals surface area contributed by atoms with Gasteiger partial charge in [0.1, 0.15) is 12.4 Å². The molecule has 1 aliphatic heterocycles. The van der Waals surface area contributed by atoms with Crippen LogP contribution in [0, 0.1) is 0 Å². The molecule has 1 saturated heterocycles. The number of imide groups is 1. The molecule has 2 aromatic rings. The third-order valence-electron chi connectivity index (χ3n) is 4.74. The summed E-state index contributed by atoms with van der Waals surface area (Å²) in [6.45, 7) is 3.84. The van der Waals surface area contributed by atoms with E-state index in [1.807, 2.05) is 26.0 Å². The van der Waals surface area contributed by atoms with Crippen molar-refractivity contribution in [2.24, 2.45) is 5.73 Å². The number of amides is 3. The zero-order valence-corrected chi connectivity index (χ0v) is 14.1. The predicted octanol–water partition coefficient (Wildman–Crippen LogP) is 1.80. The maximum Gasteiger partial charge on any atom is 0.332 e. The summed E-state index contributed by atoms with van der Waals surface area (Å²) >= 11 is 0. The average Bonchev–Trinajstić information content (AvgIpc) is 3.21. The van der Waals surface area contributed by atoms with Crippen molar-refractivity contribution in [1.29, 1.82) is 0 Å². The summed E-state index contributed by atoms with van der Waals surface area (Å²) in [4.78, 5) is 27.0. The minimum Gasteiger partial charge on any atom is -0.321 e. The Morgan fingerprint density at radius 2 is 1.92 bits per heavy atom. The van der Waals surface area contributed by atoms with Crippen LogP contribution < -0.4 is 10.6 Å². The summed E-state index contributed by atoms with van der Waals surface area (Å²) in [5.74, 6) is 0.952. The number of nitrogens with zero attached hydrogens (tertiary/aromatic N) is 4. The lowest BCUT2D eigenvalue weighted by Crippen LogP contribution is -2.31. The van der Waals surface area contributed by atoms with Gasteiger partial charge >= 0.3 is 6.03 Å². The van der Waals surface area contributed by atoms with Gasteiger partial charge < -0.3 is 5.73 Å². The summed E-state index contributed by atoms with van der Waals surface area (Å²) < 4.78 is 1.72. The number of carbonyl (C=O) groups excluding carboxylic acids is 2. The van der Waals surface area contributed by atoms with E-state index in [0.29, 0.717) is 11.7 Å². The largest absolute Gasteiger partial charge is 0.332 e. The second kappa shape index (κ2) is 4.80. The second-order valence-corrected chi connectivity index (χ2v) is 7.33. The molecule has 3 amide bonds. The number of fused-ring (bicyclic) bond motifs is 1. The van der Waals surface area contributed by atoms with Gasteiger partial charge in [-0.15, -0.1) is 0 Å². The first-order valence-corrected chi connectivity index (χ1v) is 8.17. The Hall–Kier alpha value is -2.41. The van der Waals surface area contributed by atoms with Crippen LogP contribution in [0.5, 0.6) is 0 Å². The van der Waals surface area contributed by atoms with Gasteiger partial charge in [-0.3, -0.25) is 14.6 Å². The first-order chi connectivity index (χ1) is 11.3. The number of urea groups is 1. The van der Waals surface area contributed by atoms with Crippen molar-refractivity contribution < 1.29 is 9.59 Å². The number of likely N-dealkylation sites (N-methyl/N-ethyl adjacent to an activating group) is 1. The van der Waals surface area contributed by atoms with E-state index < -0.39 is 5.54 Å². The second-order valence-electron chi connectivity index (χ2n) is 7.33. The highest BCUT2D eigenvalue weighted by Crippen LogP contribution is 2.42. The lowest BCUT2D eigenvalue weighted by Gasteiger charge is -2.18. The molecule has 4 rings (SSSR count). The number of aromatic nitrogens is 2. The van der Waals surface area contributed by atoms with Crippen LogP contribution in [0.4, 0.5) is 10.6 Å². The fourth-order valence-corrected chi connectivity index (χ4v) is 3.04. The Bertz CT molecular complexity index is 860. The van der Waals surface area contributed by atoms with Gasteiger partial charge in [-0.2, -0.15) is 5.10 Å². The predicted molar refractivity (Wildman–Crippen MR) is 89.9 cm³/mol. The molecule has 0 atom stereocenters. The van der Waals surface area contributed by atoms with E-state index in [4.69, 9.17) is 5.73 Å². The Kier molecular flexibility index (Phi) is 3.02. The zero-order valence-electron chi connectivity index (χ0n) is 14.1. The molecule has 0 bridgehead atoms. The molecule has 2 aliphatic rings. The fourth-order valence-electron chi connectivity index (χ4n) is 3.04. The molecule has 3 heterocycles. The van der Waals surface area contributed by atoms with Crippen LogP contribution in [-0.2, 0) is 10.3 Å². The van der Waals surface area contributed by atoms with Gasteiger partial charge in [0, 0.05) is 7.05 Å². The number of nitrogens with two attached hydrogens (primary N) is 1. The zero-order chi connectivity index (χ0) is 17.2. The molecule has 0 spiro atoms. The molecule has 126 valence electrons. The van der Waals surface area contributed by atoms with Gasteiger partial charge in [-0.25, -0.2) is 9.31 Å². The lowest BCUT2D eigenvalue weighted by atomic mass is 10.0. The maximum absolute atomic E-state index is 12.4. The first kappa shape index (κ1) is 15.1. The average molecular weight is 327 g/mol. The van der Waals surface area contributed by atoms with Crippen molar-refractivity contribution >= 4 is 23.3 Å². The molecule has 0 radical (unpaired) electrons. The Morgan fingerprint density at radius 1 is 1.21 bits per heavy atom. The molecule has 7 nitrogen and oxygen atoms in total. The van der Waals surface area contributed by atoms with Crippen molar-refractivity contribution in [3.8, 4) is 0 Å². The normalized spacial score (nSPS) is 19.0. The van der Waals surface area contributed by atoms with E-state index in [1.165, 1.54) is 17.5 Å². The van der Waals surface area contributed by atoms with Crippen LogP contribution in [0.2, 0.25) is 0 Å². The van der Waals surface area contributed by atoms with Gasteiger partial charge in [0.2, 0.25) is 0 Å². The van der Waals surface area contributed by atoms with Crippen molar-refractivity contribution in [3.05, 3.63) is 29.5 Å². The van der Waals surface area contributed by atoms with Crippen molar-refractivity contribution in [3.63, 3.8) is 0 Å². The van der Waals surface area contributed by atoms with E-state index in [1.54, 1.807) is 4.52 Å². The lowest BCUT2D eigenvalue weighted by molar-refractivity contribution is -0.123. The topological polar surface area (TPSA) is 83.9 Å². The summed E-state index contributed by atoms with van der Waals surface area (Å²) in [5, 5.41) is 4.60. The summed E-state index contributed by atoms with van der Waals surface area (Å²) in [6, 6.07) is 5.73. The number of carbonyl (C=O) groups is 2. The Balaban J connectivity index is 1.90. The molecule has 2 N–H and O–H groups in total. The van der Waals surface area contributed by atoms with Crippen molar-refractivity contribution in [1.82, 2.24) is 14.5 Å². The van der Waals surface area contributed by atoms with Crippen LogP contribution in [-0.4, -0.2) is 40.0 Å². The van der Waals surface area contributed by atoms with Crippen LogP contribution in [0.15, 0.2) is 18.2 Å². The number of anilines is 1. The molecule has 1 saturated carbocycles. The van der Waals surface area contributed by atoms with Crippen molar-refractivity contribution in [2.45, 2.75) is 38.1 Å². The van der Waals surface area contributed by atoms with Crippen LogP contribution >= 0.6 is 0 Å². The smallest absolute Gasteiger partial charge is 0.321 e. The van der Waals surface area contributed by atoms with Gasteiger partial charge in [-0.1, -0.05) is 0 Å². The summed E-state index contributed by atoms with van der Waals surface area (Å²) in [5.41, 5.74) is 8.45. The van der Waals surface area contributed by atoms with Gasteiger partial charge in [0.05, 0.1) is 16.7 Å². The quantitative estimate of drug-likeness (QED) is 0.871.